The molecule has 0 aliphatic rings. The molecule has 0 unspecified atom stereocenters. The number of hydrogen-bond donors (Lipinski definition) is 0. The third-order valence-electron chi connectivity index (χ3n) is 1.29. The number of rotatable bonds is 3. The summed E-state index contributed by atoms with van der Waals surface area (Å²) in [4.78, 5) is 0. The maximum absolute atomic E-state index is 3.56. The van der Waals surface area contributed by atoms with Crippen LogP contribution in [0.25, 0.3) is 0 Å². The minimum absolute atomic E-state index is 0.833. The van der Waals surface area contributed by atoms with Crippen molar-refractivity contribution in [3.63, 3.8) is 0 Å². The lowest BCUT2D eigenvalue weighted by atomic mass is 10.3. The fourth-order valence-electron chi connectivity index (χ4n) is 0. The van der Waals surface area contributed by atoms with Crippen molar-refractivity contribution in [2.75, 3.05) is 0 Å². The van der Waals surface area contributed by atoms with Gasteiger partial charge in [-0.05, 0) is 40.0 Å². The molecule has 0 saturated heterocycles. The van der Waals surface area contributed by atoms with Gasteiger partial charge in [0.15, 0.2) is 0 Å². The predicted octanol–water partition coefficient (Wildman–Crippen LogP) is 9.57. The molecule has 0 aliphatic carbocycles. The van der Waals surface area contributed by atoms with E-state index in [0.717, 1.165) is 12.3 Å². The second-order valence-corrected chi connectivity index (χ2v) is 5.77. The van der Waals surface area contributed by atoms with Crippen molar-refractivity contribution < 1.29 is 0 Å². The Morgan fingerprint density at radius 1 is 0.792 bits per heavy atom. The van der Waals surface area contributed by atoms with Crippen molar-refractivity contribution in [2.45, 2.75) is 88.5 Å². The molecule has 24 heavy (non-hydrogen) atoms. The van der Waals surface area contributed by atoms with E-state index in [1.807, 2.05) is 45.9 Å². The summed E-state index contributed by atoms with van der Waals surface area (Å²) in [6, 6.07) is 0. The highest BCUT2D eigenvalue weighted by Crippen LogP contribution is 1.81. The fraction of sp³-hybridized carbons (Fsp3) is 0.583. The number of unbranched alkanes of at least 4 members (excludes halogenated alkanes) is 1. The molecule has 0 amide bonds. The quantitative estimate of drug-likeness (QED) is 0.355. The lowest BCUT2D eigenvalue weighted by Crippen LogP contribution is -1.66. The monoisotopic (exact) mass is 338 g/mol. The first-order chi connectivity index (χ1) is 11.1. The summed E-state index contributed by atoms with van der Waals surface area (Å²) in [6.07, 6.45) is 12.9. The molecule has 0 saturated carbocycles. The van der Waals surface area contributed by atoms with E-state index in [0.29, 0.717) is 0 Å². The summed E-state index contributed by atoms with van der Waals surface area (Å²) in [5.41, 5.74) is 1.17. The van der Waals surface area contributed by atoms with Gasteiger partial charge in [-0.15, -0.1) is 13.2 Å². The van der Waals surface area contributed by atoms with E-state index in [9.17, 15) is 0 Å². The van der Waals surface area contributed by atoms with Crippen molar-refractivity contribution in [2.24, 2.45) is 5.92 Å². The average Bonchev–Trinajstić information content (AvgIpc) is 2.54. The molecule has 0 bridgehead atoms. The molecule has 0 heteroatoms. The molecule has 146 valence electrons. The Labute approximate surface area is 157 Å². The maximum Gasteiger partial charge on any atom is -0.0382 e. The van der Waals surface area contributed by atoms with E-state index in [2.05, 4.69) is 67.9 Å². The third-order valence-corrected chi connectivity index (χ3v) is 1.29. The first kappa shape index (κ1) is 38.3. The minimum atomic E-state index is 0.833. The van der Waals surface area contributed by atoms with Gasteiger partial charge in [0.25, 0.3) is 0 Å². The zero-order valence-electron chi connectivity index (χ0n) is 18.9. The van der Waals surface area contributed by atoms with Gasteiger partial charge in [-0.3, -0.25) is 0 Å². The van der Waals surface area contributed by atoms with E-state index >= 15 is 0 Å². The van der Waals surface area contributed by atoms with Gasteiger partial charge in [0, 0.05) is 0 Å². The highest BCUT2D eigenvalue weighted by molar-refractivity contribution is 4.88. The smallest absolute Gasteiger partial charge is 0.0382 e. The standard InChI is InChI=1S/C4H10.C4H8.C4H10.2C4H8.C4H6/c2*1-4(2)3;4*1-3-4-2/h4H,1-3H3;1H2,2-3H3;3-4H2,1-2H3;3-4H,1-2H3;3H,1,4H2,2H3;3-4H,1-2H2/b;;;4-3+;;. The molecule has 0 fully saturated rings. The van der Waals surface area contributed by atoms with Crippen LogP contribution in [0.3, 0.4) is 0 Å². The van der Waals surface area contributed by atoms with Crippen LogP contribution in [-0.2, 0) is 0 Å². The second kappa shape index (κ2) is 57.6. The van der Waals surface area contributed by atoms with Crippen LogP contribution in [0.15, 0.2) is 62.3 Å². The van der Waals surface area contributed by atoms with Gasteiger partial charge in [-0.1, -0.05) is 103 Å². The molecule has 0 rings (SSSR count). The molecule has 0 aromatic carbocycles. The van der Waals surface area contributed by atoms with Gasteiger partial charge in [0.2, 0.25) is 0 Å². The van der Waals surface area contributed by atoms with Crippen LogP contribution in [0.5, 0.6) is 0 Å². The van der Waals surface area contributed by atoms with Gasteiger partial charge in [-0.2, -0.15) is 0 Å². The predicted molar refractivity (Wildman–Crippen MR) is 123 cm³/mol. The molecule has 0 N–H and O–H groups in total. The highest BCUT2D eigenvalue weighted by Gasteiger charge is 1.68. The van der Waals surface area contributed by atoms with Crippen LogP contribution in [0.1, 0.15) is 88.5 Å². The summed E-state index contributed by atoms with van der Waals surface area (Å²) in [6.45, 7) is 34.6. The molecule has 0 radical (unpaired) electrons. The van der Waals surface area contributed by atoms with Gasteiger partial charge in [0.1, 0.15) is 0 Å². The number of allylic oxidation sites excluding steroid dienone is 6. The van der Waals surface area contributed by atoms with E-state index in [-0.39, 0.29) is 0 Å². The molecular formula is C24H50. The molecular weight excluding hydrogens is 288 g/mol. The number of hydrogen-bond acceptors (Lipinski definition) is 0. The Morgan fingerprint density at radius 3 is 0.958 bits per heavy atom. The van der Waals surface area contributed by atoms with Crippen molar-refractivity contribution in [3.05, 3.63) is 62.3 Å². The molecule has 0 nitrogen and oxygen atoms in total. The Hall–Kier alpha value is -1.30. The molecule has 0 aliphatic heterocycles. The molecule has 0 aromatic heterocycles. The van der Waals surface area contributed by atoms with Crippen LogP contribution in [-0.4, -0.2) is 0 Å². The van der Waals surface area contributed by atoms with E-state index in [1.54, 1.807) is 12.2 Å². The molecule has 0 spiro atoms. The molecule has 0 heterocycles. The van der Waals surface area contributed by atoms with Crippen molar-refractivity contribution in [1.29, 1.82) is 0 Å². The summed E-state index contributed by atoms with van der Waals surface area (Å²) in [7, 11) is 0. The van der Waals surface area contributed by atoms with Gasteiger partial charge < -0.3 is 0 Å². The Kier molecular flexibility index (Phi) is 92.1. The van der Waals surface area contributed by atoms with Crippen LogP contribution < -0.4 is 0 Å². The third kappa shape index (κ3) is 1100. The maximum atomic E-state index is 3.56. The van der Waals surface area contributed by atoms with Crippen LogP contribution in [0.2, 0.25) is 0 Å². The zero-order valence-corrected chi connectivity index (χ0v) is 18.9. The van der Waals surface area contributed by atoms with Crippen LogP contribution >= 0.6 is 0 Å². The lowest BCUT2D eigenvalue weighted by molar-refractivity contribution is 0.737. The van der Waals surface area contributed by atoms with Gasteiger partial charge in [0.05, 0.1) is 0 Å². The van der Waals surface area contributed by atoms with Gasteiger partial charge >= 0.3 is 0 Å². The molecule has 0 atom stereocenters. The first-order valence-electron chi connectivity index (χ1n) is 9.16. The Bertz CT molecular complexity index is 210. The lowest BCUT2D eigenvalue weighted by Gasteiger charge is -1.79. The van der Waals surface area contributed by atoms with E-state index < -0.39 is 0 Å². The average molecular weight is 339 g/mol. The SMILES string of the molecule is C/C=C/C.C=C(C)C.C=CC=C.C=CCC.CC(C)C.CCCC. The normalized spacial score (nSPS) is 7.29. The summed E-state index contributed by atoms with van der Waals surface area (Å²) < 4.78 is 0. The van der Waals surface area contributed by atoms with E-state index in [1.165, 1.54) is 18.4 Å². The van der Waals surface area contributed by atoms with Gasteiger partial charge in [-0.25, -0.2) is 0 Å². The Morgan fingerprint density at radius 2 is 0.958 bits per heavy atom. The summed E-state index contributed by atoms with van der Waals surface area (Å²) in [5.74, 6) is 0.833. The first-order valence-corrected chi connectivity index (χ1v) is 9.16. The largest absolute Gasteiger partial charge is 0.103 e. The molecule has 0 aromatic rings. The zero-order chi connectivity index (χ0) is 20.8. The van der Waals surface area contributed by atoms with Crippen LogP contribution in [0.4, 0.5) is 0 Å². The fourth-order valence-corrected chi connectivity index (χ4v) is 0. The topological polar surface area (TPSA) is 0 Å². The summed E-state index contributed by atoms with van der Waals surface area (Å²) >= 11 is 0. The summed E-state index contributed by atoms with van der Waals surface area (Å²) in [5, 5.41) is 0. The Balaban J connectivity index is -0.0000000405. The van der Waals surface area contributed by atoms with Crippen molar-refractivity contribution in [1.82, 2.24) is 0 Å². The highest BCUT2D eigenvalue weighted by atomic mass is 13.7. The second-order valence-electron chi connectivity index (χ2n) is 5.77. The van der Waals surface area contributed by atoms with Crippen molar-refractivity contribution in [3.8, 4) is 0 Å². The van der Waals surface area contributed by atoms with Crippen LogP contribution in [0, 0.1) is 5.92 Å². The van der Waals surface area contributed by atoms with Crippen molar-refractivity contribution >= 4 is 0 Å². The minimum Gasteiger partial charge on any atom is -0.103 e. The van der Waals surface area contributed by atoms with E-state index in [4.69, 9.17) is 0 Å².